The van der Waals surface area contributed by atoms with E-state index >= 15 is 0 Å². The average Bonchev–Trinajstić information content (AvgIpc) is 2.64. The molecule has 0 radical (unpaired) electrons. The molecule has 2 aromatic rings. The van der Waals surface area contributed by atoms with E-state index in [0.29, 0.717) is 12.4 Å². The van der Waals surface area contributed by atoms with Crippen LogP contribution in [0.5, 0.6) is 0 Å². The summed E-state index contributed by atoms with van der Waals surface area (Å²) in [6.07, 6.45) is -0.796. The third kappa shape index (κ3) is 2.77. The van der Waals surface area contributed by atoms with Gasteiger partial charge in [0.25, 0.3) is 0 Å². The van der Waals surface area contributed by atoms with Crippen LogP contribution in [0.15, 0.2) is 6.07 Å². The van der Waals surface area contributed by atoms with Crippen LogP contribution in [0, 0.1) is 6.92 Å². The molecule has 0 unspecified atom stereocenters. The van der Waals surface area contributed by atoms with E-state index in [1.165, 1.54) is 0 Å². The first-order chi connectivity index (χ1) is 8.56. The van der Waals surface area contributed by atoms with Crippen molar-refractivity contribution in [1.82, 2.24) is 9.97 Å². The maximum atomic E-state index is 10.4. The number of hydrogen-bond donors (Lipinski definition) is 3. The van der Waals surface area contributed by atoms with Gasteiger partial charge in [0.15, 0.2) is 0 Å². The molecule has 0 atom stereocenters. The van der Waals surface area contributed by atoms with Gasteiger partial charge < -0.3 is 21.5 Å². The molecule has 1 amide bonds. The van der Waals surface area contributed by atoms with Crippen LogP contribution in [-0.2, 0) is 4.74 Å². The first-order valence-electron chi connectivity index (χ1n) is 5.26. The van der Waals surface area contributed by atoms with Crippen molar-refractivity contribution < 1.29 is 9.53 Å². The molecule has 5 N–H and O–H groups in total. The van der Waals surface area contributed by atoms with E-state index < -0.39 is 6.09 Å². The topological polar surface area (TPSA) is 116 Å². The first-order valence-corrected chi connectivity index (χ1v) is 6.07. The largest absolute Gasteiger partial charge is 0.448 e. The van der Waals surface area contributed by atoms with Crippen molar-refractivity contribution in [3.8, 4) is 0 Å². The number of carbonyl (C=O) groups is 1. The van der Waals surface area contributed by atoms with Gasteiger partial charge in [0, 0.05) is 4.88 Å². The van der Waals surface area contributed by atoms with Gasteiger partial charge in [-0.25, -0.2) is 9.78 Å². The lowest BCUT2D eigenvalue weighted by atomic mass is 10.3. The Labute approximate surface area is 107 Å². The summed E-state index contributed by atoms with van der Waals surface area (Å²) in [5.74, 6) is 0.845. The lowest BCUT2D eigenvalue weighted by Crippen LogP contribution is -2.18. The third-order valence-corrected chi connectivity index (χ3v) is 3.12. The monoisotopic (exact) mass is 267 g/mol. The van der Waals surface area contributed by atoms with Crippen molar-refractivity contribution in [3.05, 3.63) is 10.9 Å². The predicted molar refractivity (Wildman–Crippen MR) is 70.6 cm³/mol. The van der Waals surface area contributed by atoms with E-state index in [1.807, 2.05) is 13.0 Å². The van der Waals surface area contributed by atoms with Crippen molar-refractivity contribution in [2.45, 2.75) is 6.92 Å². The number of primary amides is 1. The van der Waals surface area contributed by atoms with Crippen LogP contribution in [0.2, 0.25) is 0 Å². The van der Waals surface area contributed by atoms with E-state index in [0.717, 1.165) is 15.1 Å². The molecule has 7 nitrogen and oxygen atoms in total. The number of nitrogen functional groups attached to an aromatic ring is 1. The van der Waals surface area contributed by atoms with E-state index in [9.17, 15) is 4.79 Å². The first kappa shape index (κ1) is 12.4. The van der Waals surface area contributed by atoms with Crippen LogP contribution in [-0.4, -0.2) is 29.2 Å². The van der Waals surface area contributed by atoms with Crippen molar-refractivity contribution in [2.75, 3.05) is 24.2 Å². The highest BCUT2D eigenvalue weighted by molar-refractivity contribution is 7.18. The Morgan fingerprint density at radius 3 is 3.06 bits per heavy atom. The van der Waals surface area contributed by atoms with Gasteiger partial charge in [-0.1, -0.05) is 0 Å². The molecule has 0 fully saturated rings. The number of thiophene rings is 1. The maximum Gasteiger partial charge on any atom is 0.404 e. The van der Waals surface area contributed by atoms with Crippen LogP contribution < -0.4 is 16.8 Å². The molecule has 2 aromatic heterocycles. The lowest BCUT2D eigenvalue weighted by molar-refractivity contribution is 0.161. The second kappa shape index (κ2) is 5.05. The number of hydrogen-bond acceptors (Lipinski definition) is 7. The molecule has 0 aliphatic rings. The molecule has 0 aliphatic heterocycles. The number of anilines is 2. The number of ether oxygens (including phenoxy) is 1. The molecule has 0 bridgehead atoms. The minimum Gasteiger partial charge on any atom is -0.448 e. The normalized spacial score (nSPS) is 10.5. The van der Waals surface area contributed by atoms with E-state index in [1.54, 1.807) is 11.3 Å². The molecule has 8 heteroatoms. The summed E-state index contributed by atoms with van der Waals surface area (Å²) in [6.45, 7) is 2.57. The molecule has 0 saturated heterocycles. The number of nitrogens with zero attached hydrogens (tertiary/aromatic N) is 2. The van der Waals surface area contributed by atoms with Gasteiger partial charge in [-0.15, -0.1) is 11.3 Å². The summed E-state index contributed by atoms with van der Waals surface area (Å²) < 4.78 is 4.62. The molecule has 0 aromatic carbocycles. The van der Waals surface area contributed by atoms with Crippen LogP contribution in [0.25, 0.3) is 10.2 Å². The Morgan fingerprint density at radius 1 is 1.56 bits per heavy atom. The Morgan fingerprint density at radius 2 is 2.33 bits per heavy atom. The maximum absolute atomic E-state index is 10.4. The van der Waals surface area contributed by atoms with Crippen LogP contribution in [0.4, 0.5) is 16.6 Å². The summed E-state index contributed by atoms with van der Waals surface area (Å²) in [4.78, 5) is 20.6. The van der Waals surface area contributed by atoms with Gasteiger partial charge in [0.1, 0.15) is 17.3 Å². The summed E-state index contributed by atoms with van der Waals surface area (Å²) in [6, 6.07) is 1.98. The van der Waals surface area contributed by atoms with Crippen LogP contribution in [0.3, 0.4) is 0 Å². The number of carbonyl (C=O) groups excluding carboxylic acids is 1. The van der Waals surface area contributed by atoms with E-state index in [-0.39, 0.29) is 12.6 Å². The molecule has 0 spiro atoms. The fraction of sp³-hybridized carbons (Fsp3) is 0.300. The van der Waals surface area contributed by atoms with Gasteiger partial charge in [-0.2, -0.15) is 4.98 Å². The number of nitrogens with one attached hydrogen (secondary N) is 1. The Bertz CT molecular complexity index is 583. The number of amides is 1. The number of fused-ring (bicyclic) bond motifs is 1. The smallest absolute Gasteiger partial charge is 0.404 e. The number of aryl methyl sites for hydroxylation is 1. The summed E-state index contributed by atoms with van der Waals surface area (Å²) in [5, 5.41) is 3.95. The quantitative estimate of drug-likeness (QED) is 0.714. The minimum atomic E-state index is -0.796. The van der Waals surface area contributed by atoms with Gasteiger partial charge in [-0.05, 0) is 13.0 Å². The minimum absolute atomic E-state index is 0.170. The van der Waals surface area contributed by atoms with Gasteiger partial charge >= 0.3 is 6.09 Å². The van der Waals surface area contributed by atoms with Gasteiger partial charge in [-0.3, -0.25) is 0 Å². The highest BCUT2D eigenvalue weighted by atomic mass is 32.1. The molecule has 0 saturated carbocycles. The second-order valence-corrected chi connectivity index (χ2v) is 4.84. The highest BCUT2D eigenvalue weighted by Crippen LogP contribution is 2.28. The summed E-state index contributed by atoms with van der Waals surface area (Å²) in [7, 11) is 0. The van der Waals surface area contributed by atoms with Gasteiger partial charge in [0.05, 0.1) is 11.9 Å². The number of nitrogens with two attached hydrogens (primary N) is 2. The lowest BCUT2D eigenvalue weighted by Gasteiger charge is -2.07. The van der Waals surface area contributed by atoms with Crippen molar-refractivity contribution in [2.24, 2.45) is 5.73 Å². The summed E-state index contributed by atoms with van der Waals surface area (Å²) >= 11 is 1.55. The molecular weight excluding hydrogens is 254 g/mol. The standard InChI is InChI=1S/C10H13N5O2S/c1-5-4-6-7(13-2-3-17-10(12)16)14-9(11)15-8(6)18-5/h4H,2-3H2,1H3,(H2,12,16)(H3,11,13,14,15). The van der Waals surface area contributed by atoms with Crippen molar-refractivity contribution >= 4 is 39.4 Å². The fourth-order valence-electron chi connectivity index (χ4n) is 1.51. The van der Waals surface area contributed by atoms with Crippen LogP contribution in [0.1, 0.15) is 4.88 Å². The SMILES string of the molecule is Cc1cc2c(NCCOC(N)=O)nc(N)nc2s1. The van der Waals surface area contributed by atoms with Gasteiger partial charge in [0.2, 0.25) is 5.95 Å². The third-order valence-electron chi connectivity index (χ3n) is 2.17. The predicted octanol–water partition coefficient (Wildman–Crippen LogP) is 1.09. The zero-order chi connectivity index (χ0) is 13.1. The zero-order valence-corrected chi connectivity index (χ0v) is 10.6. The van der Waals surface area contributed by atoms with E-state index in [2.05, 4.69) is 20.0 Å². The highest BCUT2D eigenvalue weighted by Gasteiger charge is 2.08. The zero-order valence-electron chi connectivity index (χ0n) is 9.77. The molecular formula is C10H13N5O2S. The fourth-order valence-corrected chi connectivity index (χ4v) is 2.40. The molecule has 96 valence electrons. The van der Waals surface area contributed by atoms with E-state index in [4.69, 9.17) is 11.5 Å². The number of rotatable bonds is 4. The number of aromatic nitrogens is 2. The Kier molecular flexibility index (Phi) is 3.47. The summed E-state index contributed by atoms with van der Waals surface area (Å²) in [5.41, 5.74) is 10.5. The molecule has 0 aliphatic carbocycles. The average molecular weight is 267 g/mol. The second-order valence-electron chi connectivity index (χ2n) is 3.60. The molecule has 18 heavy (non-hydrogen) atoms. The Hall–Kier alpha value is -2.09. The Balaban J connectivity index is 2.14. The molecule has 2 rings (SSSR count). The van der Waals surface area contributed by atoms with Crippen molar-refractivity contribution in [1.29, 1.82) is 0 Å². The molecule has 2 heterocycles. The van der Waals surface area contributed by atoms with Crippen LogP contribution >= 0.6 is 11.3 Å². The van der Waals surface area contributed by atoms with Crippen molar-refractivity contribution in [3.63, 3.8) is 0 Å².